The number of thiazole rings is 1. The Morgan fingerprint density at radius 3 is 2.90 bits per heavy atom. The molecule has 8 heteroatoms. The minimum Gasteiger partial charge on any atom is -0.393 e. The van der Waals surface area contributed by atoms with E-state index in [2.05, 4.69) is 10.3 Å². The van der Waals surface area contributed by atoms with Crippen LogP contribution in [0.5, 0.6) is 0 Å². The van der Waals surface area contributed by atoms with Gasteiger partial charge in [0.05, 0.1) is 10.6 Å². The summed E-state index contributed by atoms with van der Waals surface area (Å²) in [6.07, 6.45) is 2.28. The number of nitrogens with one attached hydrogen (secondary N) is 1. The number of nitro groups is 1. The lowest BCUT2D eigenvalue weighted by Crippen LogP contribution is -2.12. The first-order chi connectivity index (χ1) is 10.0. The van der Waals surface area contributed by atoms with E-state index in [1.165, 1.54) is 29.5 Å². The summed E-state index contributed by atoms with van der Waals surface area (Å²) in [5.74, 6) is 0.0827. The second-order valence-electron chi connectivity index (χ2n) is 4.84. The second-order valence-corrected chi connectivity index (χ2v) is 5.69. The number of carbonyl (C=O) groups is 1. The molecule has 1 aliphatic carbocycles. The molecule has 2 aromatic rings. The van der Waals surface area contributed by atoms with Gasteiger partial charge in [-0.3, -0.25) is 20.2 Å². The smallest absolute Gasteiger partial charge is 0.292 e. The molecule has 0 bridgehead atoms. The fraction of sp³-hybridized carbons (Fsp3) is 0.231. The van der Waals surface area contributed by atoms with Crippen molar-refractivity contribution >= 4 is 33.8 Å². The molecule has 0 saturated heterocycles. The lowest BCUT2D eigenvalue weighted by molar-refractivity contribution is -0.383. The van der Waals surface area contributed by atoms with Crippen molar-refractivity contribution in [2.75, 3.05) is 11.1 Å². The van der Waals surface area contributed by atoms with E-state index in [-0.39, 0.29) is 16.9 Å². The molecule has 7 nitrogen and oxygen atoms in total. The fourth-order valence-electron chi connectivity index (χ4n) is 1.92. The molecule has 108 valence electrons. The topological polar surface area (TPSA) is 111 Å². The molecule has 1 aromatic carbocycles. The van der Waals surface area contributed by atoms with Gasteiger partial charge in [0.1, 0.15) is 5.69 Å². The van der Waals surface area contributed by atoms with Gasteiger partial charge in [0.15, 0.2) is 5.13 Å². The zero-order valence-corrected chi connectivity index (χ0v) is 11.7. The van der Waals surface area contributed by atoms with Crippen LogP contribution in [0.15, 0.2) is 23.6 Å². The van der Waals surface area contributed by atoms with Crippen molar-refractivity contribution in [2.24, 2.45) is 0 Å². The highest BCUT2D eigenvalue weighted by Gasteiger charge is 2.26. The molecular weight excluding hydrogens is 292 g/mol. The molecule has 0 atom stereocenters. The number of aromatic nitrogens is 1. The summed E-state index contributed by atoms with van der Waals surface area (Å²) < 4.78 is 0. The number of nitrogens with zero attached hydrogens (tertiary/aromatic N) is 2. The number of nitrogen functional groups attached to an aromatic ring is 1. The van der Waals surface area contributed by atoms with Crippen molar-refractivity contribution in [3.63, 3.8) is 0 Å². The third-order valence-corrected chi connectivity index (χ3v) is 4.00. The van der Waals surface area contributed by atoms with E-state index in [0.29, 0.717) is 11.0 Å². The van der Waals surface area contributed by atoms with Crippen molar-refractivity contribution < 1.29 is 9.72 Å². The number of nitrogens with two attached hydrogens (primary N) is 1. The molecule has 1 fully saturated rings. The largest absolute Gasteiger partial charge is 0.393 e. The van der Waals surface area contributed by atoms with Crippen LogP contribution in [0.4, 0.5) is 16.5 Å². The van der Waals surface area contributed by atoms with Gasteiger partial charge in [0, 0.05) is 22.9 Å². The van der Waals surface area contributed by atoms with Crippen LogP contribution in [-0.4, -0.2) is 15.8 Å². The fourth-order valence-corrected chi connectivity index (χ4v) is 2.71. The van der Waals surface area contributed by atoms with Gasteiger partial charge in [-0.15, -0.1) is 11.3 Å². The number of carbonyl (C=O) groups excluding carboxylic acids is 1. The molecule has 21 heavy (non-hydrogen) atoms. The lowest BCUT2D eigenvalue weighted by atomic mass is 10.1. The number of nitro benzene ring substituents is 1. The zero-order chi connectivity index (χ0) is 15.0. The Bertz CT molecular complexity index is 724. The van der Waals surface area contributed by atoms with Crippen molar-refractivity contribution in [3.05, 3.63) is 45.0 Å². The van der Waals surface area contributed by atoms with Crippen LogP contribution in [-0.2, 0) is 0 Å². The number of rotatable bonds is 4. The predicted octanol–water partition coefficient (Wildman–Crippen LogP) is 2.76. The number of hydrogen-bond donors (Lipinski definition) is 2. The minimum absolute atomic E-state index is 0.0295. The van der Waals surface area contributed by atoms with E-state index in [0.717, 1.165) is 18.5 Å². The summed E-state index contributed by atoms with van der Waals surface area (Å²) in [6, 6.07) is 3.97. The Kier molecular flexibility index (Phi) is 3.30. The molecule has 0 unspecified atom stereocenters. The molecule has 3 N–H and O–H groups in total. The van der Waals surface area contributed by atoms with Gasteiger partial charge in [-0.1, -0.05) is 0 Å². The average Bonchev–Trinajstić information content (AvgIpc) is 3.19. The number of benzene rings is 1. The Labute approximate surface area is 124 Å². The Balaban J connectivity index is 1.77. The molecule has 0 aliphatic heterocycles. The quantitative estimate of drug-likeness (QED) is 0.512. The maximum absolute atomic E-state index is 12.1. The SMILES string of the molecule is Nc1ccc(C(=O)Nc2nc(C3CC3)cs2)cc1[N+](=O)[O-]. The third kappa shape index (κ3) is 2.84. The predicted molar refractivity (Wildman–Crippen MR) is 79.6 cm³/mol. The number of hydrogen-bond acceptors (Lipinski definition) is 6. The highest BCUT2D eigenvalue weighted by Crippen LogP contribution is 2.40. The van der Waals surface area contributed by atoms with Gasteiger partial charge in [0.2, 0.25) is 0 Å². The Morgan fingerprint density at radius 2 is 2.24 bits per heavy atom. The van der Waals surface area contributed by atoms with Crippen LogP contribution < -0.4 is 11.1 Å². The summed E-state index contributed by atoms with van der Waals surface area (Å²) in [4.78, 5) is 26.6. The summed E-state index contributed by atoms with van der Waals surface area (Å²) in [5, 5.41) is 15.9. The maximum Gasteiger partial charge on any atom is 0.292 e. The zero-order valence-electron chi connectivity index (χ0n) is 10.9. The normalized spacial score (nSPS) is 13.9. The molecule has 0 radical (unpaired) electrons. The van der Waals surface area contributed by atoms with Crippen molar-refractivity contribution in [1.82, 2.24) is 4.98 Å². The molecule has 0 spiro atoms. The lowest BCUT2D eigenvalue weighted by Gasteiger charge is -2.03. The average molecular weight is 304 g/mol. The van der Waals surface area contributed by atoms with E-state index >= 15 is 0 Å². The molecule has 1 amide bonds. The van der Waals surface area contributed by atoms with Crippen molar-refractivity contribution in [1.29, 1.82) is 0 Å². The molecule has 3 rings (SSSR count). The van der Waals surface area contributed by atoms with Gasteiger partial charge < -0.3 is 5.73 Å². The summed E-state index contributed by atoms with van der Waals surface area (Å²) in [6.45, 7) is 0. The first kappa shape index (κ1) is 13.5. The van der Waals surface area contributed by atoms with Crippen molar-refractivity contribution in [3.8, 4) is 0 Å². The summed E-state index contributed by atoms with van der Waals surface area (Å²) in [5.41, 5.74) is 6.43. The monoisotopic (exact) mass is 304 g/mol. The summed E-state index contributed by atoms with van der Waals surface area (Å²) in [7, 11) is 0. The maximum atomic E-state index is 12.1. The molecular formula is C13H12N4O3S. The molecule has 1 heterocycles. The second kappa shape index (κ2) is 5.13. The van der Waals surface area contributed by atoms with Crippen LogP contribution in [0, 0.1) is 10.1 Å². The van der Waals surface area contributed by atoms with Gasteiger partial charge in [0.25, 0.3) is 11.6 Å². The van der Waals surface area contributed by atoms with E-state index < -0.39 is 10.8 Å². The van der Waals surface area contributed by atoms with Gasteiger partial charge >= 0.3 is 0 Å². The standard InChI is InChI=1S/C13H12N4O3S/c14-9-4-3-8(5-11(9)17(19)20)12(18)16-13-15-10(6-21-13)7-1-2-7/h3-7H,1-2,14H2,(H,15,16,18). The number of anilines is 2. The van der Waals surface area contributed by atoms with Crippen LogP contribution in [0.2, 0.25) is 0 Å². The summed E-state index contributed by atoms with van der Waals surface area (Å²) >= 11 is 1.35. The number of amides is 1. The third-order valence-electron chi connectivity index (χ3n) is 3.23. The Morgan fingerprint density at radius 1 is 1.48 bits per heavy atom. The van der Waals surface area contributed by atoms with E-state index in [9.17, 15) is 14.9 Å². The van der Waals surface area contributed by atoms with Crippen LogP contribution >= 0.6 is 11.3 Å². The first-order valence-corrected chi connectivity index (χ1v) is 7.23. The van der Waals surface area contributed by atoms with Crippen LogP contribution in [0.25, 0.3) is 0 Å². The van der Waals surface area contributed by atoms with Crippen LogP contribution in [0.1, 0.15) is 34.8 Å². The molecule has 1 aliphatic rings. The Hall–Kier alpha value is -2.48. The van der Waals surface area contributed by atoms with Crippen molar-refractivity contribution in [2.45, 2.75) is 18.8 Å². The van der Waals surface area contributed by atoms with Crippen LogP contribution in [0.3, 0.4) is 0 Å². The van der Waals surface area contributed by atoms with E-state index in [4.69, 9.17) is 5.73 Å². The molecule has 1 saturated carbocycles. The van der Waals surface area contributed by atoms with E-state index in [1.807, 2.05) is 5.38 Å². The van der Waals surface area contributed by atoms with Gasteiger partial charge in [-0.05, 0) is 25.0 Å². The minimum atomic E-state index is -0.610. The first-order valence-electron chi connectivity index (χ1n) is 6.35. The highest BCUT2D eigenvalue weighted by molar-refractivity contribution is 7.14. The van der Waals surface area contributed by atoms with Gasteiger partial charge in [-0.2, -0.15) is 0 Å². The van der Waals surface area contributed by atoms with Gasteiger partial charge in [-0.25, -0.2) is 4.98 Å². The van der Waals surface area contributed by atoms with E-state index in [1.54, 1.807) is 0 Å². The molecule has 1 aromatic heterocycles. The highest BCUT2D eigenvalue weighted by atomic mass is 32.1.